The summed E-state index contributed by atoms with van der Waals surface area (Å²) < 4.78 is 14.0. The fourth-order valence-corrected chi connectivity index (χ4v) is 2.14. The third-order valence-electron chi connectivity index (χ3n) is 3.53. The van der Waals surface area contributed by atoms with Gasteiger partial charge >= 0.3 is 0 Å². The third kappa shape index (κ3) is 3.83. The first kappa shape index (κ1) is 13.6. The second kappa shape index (κ2) is 6.41. The molecule has 0 amide bonds. The Morgan fingerprint density at radius 1 is 1.00 bits per heavy atom. The van der Waals surface area contributed by atoms with Crippen molar-refractivity contribution in [2.24, 2.45) is 5.92 Å². The average Bonchev–Trinajstić information content (AvgIpc) is 3.37. The summed E-state index contributed by atoms with van der Waals surface area (Å²) in [5, 5.41) is 0. The lowest BCUT2D eigenvalue weighted by Gasteiger charge is -2.03. The van der Waals surface area contributed by atoms with Gasteiger partial charge in [0.2, 0.25) is 0 Å². The van der Waals surface area contributed by atoms with E-state index in [1.165, 1.54) is 12.8 Å². The Morgan fingerprint density at radius 2 is 1.67 bits per heavy atom. The molecule has 21 heavy (non-hydrogen) atoms. The summed E-state index contributed by atoms with van der Waals surface area (Å²) in [5.74, 6) is 6.53. The highest BCUT2D eigenvalue weighted by Gasteiger charge is 2.17. The zero-order chi connectivity index (χ0) is 14.5. The molecule has 3 rings (SSSR count). The van der Waals surface area contributed by atoms with Gasteiger partial charge in [0.15, 0.2) is 0 Å². The number of rotatable bonds is 3. The molecule has 1 heteroatoms. The van der Waals surface area contributed by atoms with E-state index in [0.29, 0.717) is 17.9 Å². The maximum atomic E-state index is 14.0. The van der Waals surface area contributed by atoms with Crippen LogP contribution in [0.1, 0.15) is 24.8 Å². The quantitative estimate of drug-likeness (QED) is 0.652. The maximum Gasteiger partial charge on any atom is 0.127 e. The number of hydrogen-bond donors (Lipinski definition) is 0. The van der Waals surface area contributed by atoms with Crippen molar-refractivity contribution in [2.45, 2.75) is 19.3 Å². The van der Waals surface area contributed by atoms with E-state index in [1.54, 1.807) is 6.08 Å². The summed E-state index contributed by atoms with van der Waals surface area (Å²) in [4.78, 5) is 0. The topological polar surface area (TPSA) is 0 Å². The van der Waals surface area contributed by atoms with Crippen LogP contribution in [0.5, 0.6) is 0 Å². The van der Waals surface area contributed by atoms with Gasteiger partial charge in [-0.25, -0.2) is 4.39 Å². The van der Waals surface area contributed by atoms with Crippen molar-refractivity contribution in [1.82, 2.24) is 0 Å². The molecule has 0 aromatic heterocycles. The van der Waals surface area contributed by atoms with Gasteiger partial charge in [-0.15, -0.1) is 0 Å². The molecule has 0 aliphatic heterocycles. The largest absolute Gasteiger partial charge is 0.207 e. The molecule has 0 heterocycles. The molecule has 0 saturated heterocycles. The summed E-state index contributed by atoms with van der Waals surface area (Å²) in [6.07, 6.45) is 4.47. The monoisotopic (exact) mass is 276 g/mol. The first-order valence-corrected chi connectivity index (χ1v) is 7.33. The Bertz CT molecular complexity index is 680. The molecule has 0 unspecified atom stereocenters. The van der Waals surface area contributed by atoms with Crippen LogP contribution < -0.4 is 0 Å². The Balaban J connectivity index is 1.68. The van der Waals surface area contributed by atoms with Crippen molar-refractivity contribution < 1.29 is 4.39 Å². The van der Waals surface area contributed by atoms with E-state index in [2.05, 4.69) is 24.0 Å². The highest BCUT2D eigenvalue weighted by molar-refractivity contribution is 5.67. The highest BCUT2D eigenvalue weighted by Crippen LogP contribution is 2.27. The zero-order valence-corrected chi connectivity index (χ0v) is 11.9. The SMILES string of the molecule is FC(=CCC#CC1CC1)c1ccc(-c2ccccc2)cc1. The first-order chi connectivity index (χ1) is 10.3. The van der Waals surface area contributed by atoms with E-state index >= 15 is 0 Å². The fraction of sp³-hybridized carbons (Fsp3) is 0.200. The van der Waals surface area contributed by atoms with Crippen LogP contribution in [-0.4, -0.2) is 0 Å². The van der Waals surface area contributed by atoms with E-state index in [0.717, 1.165) is 11.1 Å². The van der Waals surface area contributed by atoms with E-state index in [1.807, 2.05) is 42.5 Å². The predicted molar refractivity (Wildman–Crippen MR) is 86.1 cm³/mol. The Labute approximate surface area is 125 Å². The molecule has 0 nitrogen and oxygen atoms in total. The van der Waals surface area contributed by atoms with Gasteiger partial charge in [0.05, 0.1) is 0 Å². The molecule has 2 aromatic carbocycles. The molecule has 0 atom stereocenters. The molecule has 104 valence electrons. The van der Waals surface area contributed by atoms with Gasteiger partial charge in [0, 0.05) is 17.9 Å². The number of benzene rings is 2. The van der Waals surface area contributed by atoms with Gasteiger partial charge in [-0.2, -0.15) is 0 Å². The molecule has 0 bridgehead atoms. The lowest BCUT2D eigenvalue weighted by molar-refractivity contribution is 0.757. The van der Waals surface area contributed by atoms with Crippen LogP contribution >= 0.6 is 0 Å². The van der Waals surface area contributed by atoms with Crippen LogP contribution in [0.15, 0.2) is 60.7 Å². The summed E-state index contributed by atoms with van der Waals surface area (Å²) in [5.41, 5.74) is 2.85. The lowest BCUT2D eigenvalue weighted by Crippen LogP contribution is -1.81. The summed E-state index contributed by atoms with van der Waals surface area (Å²) in [7, 11) is 0. The minimum Gasteiger partial charge on any atom is -0.207 e. The standard InChI is InChI=1S/C20H17F/c21-20(9-5-4-6-16-10-11-16)19-14-12-18(13-15-19)17-7-2-1-3-8-17/h1-3,7-9,12-16H,5,10-11H2. The van der Waals surface area contributed by atoms with Crippen molar-refractivity contribution in [3.05, 3.63) is 66.2 Å². The number of halogens is 1. The van der Waals surface area contributed by atoms with E-state index in [4.69, 9.17) is 0 Å². The van der Waals surface area contributed by atoms with Gasteiger partial charge in [0.1, 0.15) is 5.83 Å². The minimum absolute atomic E-state index is 0.195. The van der Waals surface area contributed by atoms with Crippen molar-refractivity contribution in [3.8, 4) is 23.0 Å². The smallest absolute Gasteiger partial charge is 0.127 e. The van der Waals surface area contributed by atoms with Crippen LogP contribution in [0.4, 0.5) is 4.39 Å². The minimum atomic E-state index is -0.195. The normalized spacial score (nSPS) is 14.4. The van der Waals surface area contributed by atoms with Crippen LogP contribution in [0.25, 0.3) is 17.0 Å². The second-order valence-electron chi connectivity index (χ2n) is 5.29. The van der Waals surface area contributed by atoms with Crippen LogP contribution in [-0.2, 0) is 0 Å². The van der Waals surface area contributed by atoms with Crippen molar-refractivity contribution >= 4 is 5.83 Å². The molecule has 1 saturated carbocycles. The summed E-state index contributed by atoms with van der Waals surface area (Å²) in [6, 6.07) is 17.6. The van der Waals surface area contributed by atoms with Gasteiger partial charge in [0.25, 0.3) is 0 Å². The molecule has 0 radical (unpaired) electrons. The predicted octanol–water partition coefficient (Wildman–Crippen LogP) is 5.47. The van der Waals surface area contributed by atoms with E-state index < -0.39 is 0 Å². The molecule has 1 aliphatic rings. The van der Waals surface area contributed by atoms with Crippen molar-refractivity contribution in [3.63, 3.8) is 0 Å². The molecule has 0 spiro atoms. The summed E-state index contributed by atoms with van der Waals surface area (Å²) in [6.45, 7) is 0. The summed E-state index contributed by atoms with van der Waals surface area (Å²) >= 11 is 0. The molecule has 2 aromatic rings. The Hall–Kier alpha value is -2.33. The highest BCUT2D eigenvalue weighted by atomic mass is 19.1. The molecule has 1 fully saturated rings. The number of allylic oxidation sites excluding steroid dienone is 1. The third-order valence-corrected chi connectivity index (χ3v) is 3.53. The lowest BCUT2D eigenvalue weighted by atomic mass is 10.0. The molecule has 0 N–H and O–H groups in total. The van der Waals surface area contributed by atoms with Crippen LogP contribution in [0.3, 0.4) is 0 Å². The van der Waals surface area contributed by atoms with Gasteiger partial charge < -0.3 is 0 Å². The van der Waals surface area contributed by atoms with E-state index in [9.17, 15) is 4.39 Å². The van der Waals surface area contributed by atoms with Crippen molar-refractivity contribution in [1.29, 1.82) is 0 Å². The Morgan fingerprint density at radius 3 is 2.33 bits per heavy atom. The van der Waals surface area contributed by atoms with Gasteiger partial charge in [-0.05, 0) is 30.0 Å². The average molecular weight is 276 g/mol. The second-order valence-corrected chi connectivity index (χ2v) is 5.29. The van der Waals surface area contributed by atoms with Crippen LogP contribution in [0, 0.1) is 17.8 Å². The maximum absolute atomic E-state index is 14.0. The zero-order valence-electron chi connectivity index (χ0n) is 11.9. The first-order valence-electron chi connectivity index (χ1n) is 7.33. The fourth-order valence-electron chi connectivity index (χ4n) is 2.14. The van der Waals surface area contributed by atoms with Gasteiger partial charge in [-0.1, -0.05) is 66.4 Å². The molecular formula is C20H17F. The van der Waals surface area contributed by atoms with E-state index in [-0.39, 0.29) is 5.83 Å². The molecule has 1 aliphatic carbocycles. The Kier molecular flexibility index (Phi) is 4.17. The number of hydrogen-bond acceptors (Lipinski definition) is 0. The molecular weight excluding hydrogens is 259 g/mol. The van der Waals surface area contributed by atoms with Gasteiger partial charge in [-0.3, -0.25) is 0 Å². The van der Waals surface area contributed by atoms with Crippen molar-refractivity contribution in [2.75, 3.05) is 0 Å². The van der Waals surface area contributed by atoms with Crippen LogP contribution in [0.2, 0.25) is 0 Å².